The number of imidazole rings is 1. The third-order valence-corrected chi connectivity index (χ3v) is 5.93. The Bertz CT molecular complexity index is 1140. The second kappa shape index (κ2) is 7.85. The number of aliphatic hydroxyl groups is 2. The molecule has 11 nitrogen and oxygen atoms in total. The van der Waals surface area contributed by atoms with Gasteiger partial charge in [-0.05, 0) is 26.0 Å². The Hall–Kier alpha value is -2.44. The van der Waals surface area contributed by atoms with Gasteiger partial charge in [-0.2, -0.15) is 10.1 Å². The summed E-state index contributed by atoms with van der Waals surface area (Å²) in [6.07, 6.45) is -1.73. The maximum Gasteiger partial charge on any atom is 0.296 e. The summed E-state index contributed by atoms with van der Waals surface area (Å²) in [5.74, 6) is 0.458. The van der Waals surface area contributed by atoms with Gasteiger partial charge in [0.1, 0.15) is 29.7 Å². The lowest BCUT2D eigenvalue weighted by Gasteiger charge is -2.16. The SMILES string of the molecule is Cn1nc(CNc2nc3nc(O[C@@H]4CO[C@H]5[C@@H]4OC[C@H]5O)[nH]c3cc2Cl)cc1C(C)(C)O. The molecule has 5 rings (SSSR count). The molecule has 0 saturated carbocycles. The first kappa shape index (κ1) is 21.4. The molecule has 0 unspecified atom stereocenters. The minimum absolute atomic E-state index is 0.231. The number of aromatic nitrogens is 5. The number of rotatable bonds is 6. The first-order valence-corrected chi connectivity index (χ1v) is 10.7. The highest BCUT2D eigenvalue weighted by Crippen LogP contribution is 2.31. The molecule has 0 aromatic carbocycles. The van der Waals surface area contributed by atoms with Crippen LogP contribution in [0.3, 0.4) is 0 Å². The quantitative estimate of drug-likeness (QED) is 0.422. The lowest BCUT2D eigenvalue weighted by molar-refractivity contribution is 0.00706. The van der Waals surface area contributed by atoms with Crippen LogP contribution in [0, 0.1) is 0 Å². The van der Waals surface area contributed by atoms with Gasteiger partial charge in [-0.3, -0.25) is 4.68 Å². The first-order valence-electron chi connectivity index (χ1n) is 10.3. The largest absolute Gasteiger partial charge is 0.456 e. The average Bonchev–Trinajstić information content (AvgIpc) is 3.46. The number of hydrogen-bond acceptors (Lipinski definition) is 9. The number of halogens is 1. The lowest BCUT2D eigenvalue weighted by atomic mass is 10.1. The number of fused-ring (bicyclic) bond motifs is 2. The van der Waals surface area contributed by atoms with Crippen LogP contribution >= 0.6 is 11.6 Å². The topological polar surface area (TPSA) is 140 Å². The number of H-pyrrole nitrogens is 1. The Balaban J connectivity index is 1.30. The van der Waals surface area contributed by atoms with E-state index in [1.165, 1.54) is 0 Å². The van der Waals surface area contributed by atoms with E-state index in [4.69, 9.17) is 25.8 Å². The highest BCUT2D eigenvalue weighted by Gasteiger charge is 2.48. The highest BCUT2D eigenvalue weighted by molar-refractivity contribution is 6.33. The van der Waals surface area contributed by atoms with Crippen LogP contribution in [0.25, 0.3) is 11.2 Å². The minimum Gasteiger partial charge on any atom is -0.456 e. The van der Waals surface area contributed by atoms with E-state index < -0.39 is 11.7 Å². The Kier molecular flexibility index (Phi) is 5.25. The fourth-order valence-corrected chi connectivity index (χ4v) is 4.34. The molecule has 0 spiro atoms. The number of aryl methyl sites for hydroxylation is 1. The monoisotopic (exact) mass is 464 g/mol. The summed E-state index contributed by atoms with van der Waals surface area (Å²) in [7, 11) is 1.79. The third-order valence-electron chi connectivity index (χ3n) is 5.64. The van der Waals surface area contributed by atoms with Crippen molar-refractivity contribution in [3.8, 4) is 6.01 Å². The van der Waals surface area contributed by atoms with Crippen LogP contribution in [0.4, 0.5) is 5.82 Å². The molecule has 3 aromatic rings. The Morgan fingerprint density at radius 2 is 2.06 bits per heavy atom. The number of hydrogen-bond donors (Lipinski definition) is 4. The third kappa shape index (κ3) is 3.90. The molecule has 0 bridgehead atoms. The van der Waals surface area contributed by atoms with Gasteiger partial charge >= 0.3 is 0 Å². The number of nitrogens with one attached hydrogen (secondary N) is 2. The van der Waals surface area contributed by atoms with Gasteiger partial charge in [-0.15, -0.1) is 0 Å². The Labute approximate surface area is 188 Å². The van der Waals surface area contributed by atoms with E-state index in [1.54, 1.807) is 31.6 Å². The van der Waals surface area contributed by atoms with Gasteiger partial charge in [-0.1, -0.05) is 11.6 Å². The molecule has 32 heavy (non-hydrogen) atoms. The second-order valence-corrected chi connectivity index (χ2v) is 9.02. The molecule has 2 saturated heterocycles. The van der Waals surface area contributed by atoms with Gasteiger partial charge in [-0.25, -0.2) is 4.98 Å². The van der Waals surface area contributed by atoms with Crippen molar-refractivity contribution in [2.45, 2.75) is 50.4 Å². The number of aliphatic hydroxyl groups excluding tert-OH is 1. The molecule has 0 radical (unpaired) electrons. The zero-order valence-corrected chi connectivity index (χ0v) is 18.6. The number of ether oxygens (including phenoxy) is 3. The van der Waals surface area contributed by atoms with Crippen molar-refractivity contribution in [1.29, 1.82) is 0 Å². The van der Waals surface area contributed by atoms with Crippen molar-refractivity contribution in [3.63, 3.8) is 0 Å². The summed E-state index contributed by atoms with van der Waals surface area (Å²) in [5.41, 5.74) is 1.51. The summed E-state index contributed by atoms with van der Waals surface area (Å²) in [6.45, 7) is 4.33. The van der Waals surface area contributed by atoms with Gasteiger partial charge in [0.05, 0.1) is 41.7 Å². The van der Waals surface area contributed by atoms with Gasteiger partial charge in [0.2, 0.25) is 0 Å². The Morgan fingerprint density at radius 3 is 2.81 bits per heavy atom. The summed E-state index contributed by atoms with van der Waals surface area (Å²) >= 11 is 6.40. The summed E-state index contributed by atoms with van der Waals surface area (Å²) in [4.78, 5) is 12.0. The molecule has 172 valence electrons. The van der Waals surface area contributed by atoms with E-state index >= 15 is 0 Å². The predicted octanol–water partition coefficient (Wildman–Crippen LogP) is 1.09. The second-order valence-electron chi connectivity index (χ2n) is 8.61. The number of anilines is 1. The van der Waals surface area contributed by atoms with E-state index in [9.17, 15) is 10.2 Å². The molecule has 0 amide bonds. The van der Waals surface area contributed by atoms with Crippen molar-refractivity contribution in [2.24, 2.45) is 7.05 Å². The number of nitrogens with zero attached hydrogens (tertiary/aromatic N) is 4. The molecule has 2 fully saturated rings. The van der Waals surface area contributed by atoms with E-state index in [2.05, 4.69) is 25.4 Å². The first-order chi connectivity index (χ1) is 15.2. The van der Waals surface area contributed by atoms with Crippen LogP contribution in [-0.2, 0) is 28.7 Å². The minimum atomic E-state index is -0.994. The summed E-state index contributed by atoms with van der Waals surface area (Å²) < 4.78 is 18.7. The number of pyridine rings is 1. The van der Waals surface area contributed by atoms with Gasteiger partial charge in [0.25, 0.3) is 6.01 Å². The van der Waals surface area contributed by atoms with E-state index in [0.29, 0.717) is 40.8 Å². The van der Waals surface area contributed by atoms with Crippen molar-refractivity contribution in [3.05, 3.63) is 28.5 Å². The zero-order chi connectivity index (χ0) is 22.6. The number of aromatic amines is 1. The molecule has 0 aliphatic carbocycles. The molecule has 4 N–H and O–H groups in total. The van der Waals surface area contributed by atoms with E-state index in [1.807, 2.05) is 6.07 Å². The zero-order valence-electron chi connectivity index (χ0n) is 17.9. The predicted molar refractivity (Wildman–Crippen MR) is 115 cm³/mol. The molecular formula is C20H25ClN6O5. The van der Waals surface area contributed by atoms with E-state index in [-0.39, 0.29) is 30.9 Å². The lowest BCUT2D eigenvalue weighted by Crippen LogP contribution is -2.34. The van der Waals surface area contributed by atoms with Crippen molar-refractivity contribution >= 4 is 28.6 Å². The van der Waals surface area contributed by atoms with Gasteiger partial charge < -0.3 is 34.7 Å². The van der Waals surface area contributed by atoms with Crippen LogP contribution < -0.4 is 10.1 Å². The molecule has 3 aromatic heterocycles. The van der Waals surface area contributed by atoms with Crippen LogP contribution in [0.15, 0.2) is 12.1 Å². The molecule has 2 aliphatic heterocycles. The molecule has 2 aliphatic rings. The van der Waals surface area contributed by atoms with Crippen LogP contribution in [-0.4, -0.2) is 72.6 Å². The standard InChI is InChI=1S/C20H25ClN6O5/c1-20(2,29)14-4-9(26-27(14)3)6-22-17-10(21)5-11-18(24-17)25-19(23-11)32-13-8-31-15-12(28)7-30-16(13)15/h4-5,12-13,15-16,28-29H,6-8H2,1-3H3,(H2,22,23,24,25)/t12-,13-,15-,16-/m1/s1. The van der Waals surface area contributed by atoms with Crippen LogP contribution in [0.2, 0.25) is 5.02 Å². The van der Waals surface area contributed by atoms with Crippen molar-refractivity contribution < 1.29 is 24.4 Å². The normalized spacial score (nSPS) is 25.4. The smallest absolute Gasteiger partial charge is 0.296 e. The molecule has 5 heterocycles. The molecular weight excluding hydrogens is 440 g/mol. The summed E-state index contributed by atoms with van der Waals surface area (Å²) in [6, 6.07) is 3.83. The van der Waals surface area contributed by atoms with Gasteiger partial charge in [0.15, 0.2) is 11.8 Å². The molecule has 4 atom stereocenters. The molecule has 12 heteroatoms. The van der Waals surface area contributed by atoms with Gasteiger partial charge in [0, 0.05) is 7.05 Å². The van der Waals surface area contributed by atoms with Crippen molar-refractivity contribution in [2.75, 3.05) is 18.5 Å². The highest BCUT2D eigenvalue weighted by atomic mass is 35.5. The van der Waals surface area contributed by atoms with Crippen LogP contribution in [0.5, 0.6) is 6.01 Å². The van der Waals surface area contributed by atoms with Crippen LogP contribution in [0.1, 0.15) is 25.2 Å². The van der Waals surface area contributed by atoms with Crippen molar-refractivity contribution in [1.82, 2.24) is 24.7 Å². The Morgan fingerprint density at radius 1 is 1.28 bits per heavy atom. The van der Waals surface area contributed by atoms with E-state index in [0.717, 1.165) is 5.69 Å². The fourth-order valence-electron chi connectivity index (χ4n) is 4.12. The maximum absolute atomic E-state index is 10.2. The fraction of sp³-hybridized carbons (Fsp3) is 0.550. The average molecular weight is 465 g/mol. The maximum atomic E-state index is 10.2. The summed E-state index contributed by atoms with van der Waals surface area (Å²) in [5, 5.41) is 28.1.